The van der Waals surface area contributed by atoms with E-state index in [4.69, 9.17) is 9.47 Å². The van der Waals surface area contributed by atoms with E-state index >= 15 is 0 Å². The van der Waals surface area contributed by atoms with Gasteiger partial charge in [-0.2, -0.15) is 0 Å². The highest BCUT2D eigenvalue weighted by Crippen LogP contribution is 2.32. The first-order chi connectivity index (χ1) is 8.47. The maximum absolute atomic E-state index is 12.2. The largest absolute Gasteiger partial charge is 0.496 e. The molecule has 1 aromatic rings. The summed E-state index contributed by atoms with van der Waals surface area (Å²) < 4.78 is 37.3. The third-order valence-corrected chi connectivity index (χ3v) is 4.41. The lowest BCUT2D eigenvalue weighted by atomic mass is 10.2. The number of nitrogens with one attached hydrogen (secondary N) is 1. The van der Waals surface area contributed by atoms with Crippen molar-refractivity contribution in [2.75, 3.05) is 14.2 Å². The lowest BCUT2D eigenvalue weighted by Gasteiger charge is -2.13. The molecule has 0 amide bonds. The molecule has 1 fully saturated rings. The van der Waals surface area contributed by atoms with E-state index in [9.17, 15) is 8.42 Å². The van der Waals surface area contributed by atoms with Crippen molar-refractivity contribution >= 4 is 10.0 Å². The van der Waals surface area contributed by atoms with Crippen molar-refractivity contribution in [2.24, 2.45) is 0 Å². The normalized spacial score (nSPS) is 15.5. The maximum atomic E-state index is 12.2. The minimum absolute atomic E-state index is 0.0620. The molecule has 0 unspecified atom stereocenters. The molecule has 1 saturated carbocycles. The maximum Gasteiger partial charge on any atom is 0.244 e. The Morgan fingerprint density at radius 2 is 1.78 bits per heavy atom. The standard InChI is InChI=1S/C12H17NO4S/c1-8-6-11(17-3)12(7-10(8)16-2)18(14,15)13-9-4-5-9/h6-7,9,13H,4-5H2,1-3H3. The van der Waals surface area contributed by atoms with Gasteiger partial charge in [0.25, 0.3) is 0 Å². The Bertz CT molecular complexity index is 549. The number of sulfonamides is 1. The molecule has 0 radical (unpaired) electrons. The Kier molecular flexibility index (Phi) is 3.49. The summed E-state index contributed by atoms with van der Waals surface area (Å²) in [7, 11) is -0.575. The fourth-order valence-electron chi connectivity index (χ4n) is 1.72. The zero-order valence-corrected chi connectivity index (χ0v) is 11.5. The molecule has 0 aliphatic heterocycles. The molecule has 0 spiro atoms. The third-order valence-electron chi connectivity index (χ3n) is 2.87. The van der Waals surface area contributed by atoms with Crippen LogP contribution >= 0.6 is 0 Å². The van der Waals surface area contributed by atoms with Gasteiger partial charge in [0.2, 0.25) is 10.0 Å². The van der Waals surface area contributed by atoms with Crippen molar-refractivity contribution < 1.29 is 17.9 Å². The number of hydrogen-bond donors (Lipinski definition) is 1. The lowest BCUT2D eigenvalue weighted by Crippen LogP contribution is -2.26. The highest BCUT2D eigenvalue weighted by Gasteiger charge is 2.30. The number of ether oxygens (including phenoxy) is 2. The second-order valence-corrected chi connectivity index (χ2v) is 6.05. The molecule has 0 saturated heterocycles. The van der Waals surface area contributed by atoms with E-state index in [1.54, 1.807) is 6.07 Å². The molecule has 5 nitrogen and oxygen atoms in total. The van der Waals surface area contributed by atoms with E-state index in [1.807, 2.05) is 6.92 Å². The fraction of sp³-hybridized carbons (Fsp3) is 0.500. The SMILES string of the molecule is COc1cc(S(=O)(=O)NC2CC2)c(OC)cc1C. The first-order valence-corrected chi connectivity index (χ1v) is 7.21. The van der Waals surface area contributed by atoms with Crippen molar-refractivity contribution in [1.82, 2.24) is 4.72 Å². The minimum atomic E-state index is -3.54. The van der Waals surface area contributed by atoms with Crippen molar-refractivity contribution in [3.63, 3.8) is 0 Å². The van der Waals surface area contributed by atoms with E-state index in [-0.39, 0.29) is 10.9 Å². The third kappa shape index (κ3) is 2.59. The quantitative estimate of drug-likeness (QED) is 0.880. The fourth-order valence-corrected chi connectivity index (χ4v) is 3.19. The summed E-state index contributed by atoms with van der Waals surface area (Å²) in [6.07, 6.45) is 1.79. The summed E-state index contributed by atoms with van der Waals surface area (Å²) in [5.41, 5.74) is 0.833. The van der Waals surface area contributed by atoms with Crippen LogP contribution in [0.3, 0.4) is 0 Å². The molecule has 0 atom stereocenters. The Morgan fingerprint density at radius 1 is 1.17 bits per heavy atom. The second-order valence-electron chi connectivity index (χ2n) is 4.37. The molecule has 100 valence electrons. The van der Waals surface area contributed by atoms with Gasteiger partial charge >= 0.3 is 0 Å². The van der Waals surface area contributed by atoms with Gasteiger partial charge < -0.3 is 9.47 Å². The summed E-state index contributed by atoms with van der Waals surface area (Å²) in [6.45, 7) is 1.84. The van der Waals surface area contributed by atoms with Crippen LogP contribution < -0.4 is 14.2 Å². The number of aryl methyl sites for hydroxylation is 1. The van der Waals surface area contributed by atoms with E-state index in [0.29, 0.717) is 11.5 Å². The van der Waals surface area contributed by atoms with Crippen LogP contribution in [0.25, 0.3) is 0 Å². The predicted octanol–water partition coefficient (Wildman–Crippen LogP) is 1.45. The Hall–Kier alpha value is -1.27. The van der Waals surface area contributed by atoms with Gasteiger partial charge in [-0.1, -0.05) is 0 Å². The van der Waals surface area contributed by atoms with Crippen LogP contribution in [0.5, 0.6) is 11.5 Å². The summed E-state index contributed by atoms with van der Waals surface area (Å²) in [5, 5.41) is 0. The second kappa shape index (κ2) is 4.78. The zero-order chi connectivity index (χ0) is 13.3. The van der Waals surface area contributed by atoms with Crippen LogP contribution in [0, 0.1) is 6.92 Å². The average Bonchev–Trinajstić information content (AvgIpc) is 3.11. The first kappa shape index (κ1) is 13.2. The van der Waals surface area contributed by atoms with Gasteiger partial charge in [-0.3, -0.25) is 0 Å². The van der Waals surface area contributed by atoms with Crippen molar-refractivity contribution in [3.8, 4) is 11.5 Å². The molecule has 1 aliphatic rings. The van der Waals surface area contributed by atoms with Crippen LogP contribution in [0.15, 0.2) is 17.0 Å². The molecule has 1 N–H and O–H groups in total. The summed E-state index contributed by atoms with van der Waals surface area (Å²) in [5.74, 6) is 0.869. The van der Waals surface area contributed by atoms with E-state index < -0.39 is 10.0 Å². The number of benzene rings is 1. The van der Waals surface area contributed by atoms with E-state index in [2.05, 4.69) is 4.72 Å². The summed E-state index contributed by atoms with van der Waals surface area (Å²) in [4.78, 5) is 0.124. The minimum Gasteiger partial charge on any atom is -0.496 e. The molecule has 6 heteroatoms. The molecular weight excluding hydrogens is 254 g/mol. The predicted molar refractivity (Wildman–Crippen MR) is 67.6 cm³/mol. The molecule has 1 aliphatic carbocycles. The Labute approximate surface area is 107 Å². The van der Waals surface area contributed by atoms with Gasteiger partial charge in [-0.25, -0.2) is 13.1 Å². The molecule has 18 heavy (non-hydrogen) atoms. The van der Waals surface area contributed by atoms with Crippen LogP contribution in [0.2, 0.25) is 0 Å². The molecule has 2 rings (SSSR count). The van der Waals surface area contributed by atoms with Crippen molar-refractivity contribution in [2.45, 2.75) is 30.7 Å². The van der Waals surface area contributed by atoms with Crippen LogP contribution in [0.1, 0.15) is 18.4 Å². The van der Waals surface area contributed by atoms with E-state index in [0.717, 1.165) is 18.4 Å². The van der Waals surface area contributed by atoms with Gasteiger partial charge in [0, 0.05) is 12.1 Å². The number of methoxy groups -OCH3 is 2. The summed E-state index contributed by atoms with van der Waals surface area (Å²) in [6, 6.07) is 3.23. The number of rotatable bonds is 5. The molecular formula is C12H17NO4S. The van der Waals surface area contributed by atoms with Gasteiger partial charge in [0.1, 0.15) is 16.4 Å². The summed E-state index contributed by atoms with van der Waals surface area (Å²) >= 11 is 0. The lowest BCUT2D eigenvalue weighted by molar-refractivity contribution is 0.389. The Balaban J connectivity index is 2.46. The van der Waals surface area contributed by atoms with Gasteiger partial charge in [0.15, 0.2) is 0 Å². The molecule has 0 aromatic heterocycles. The molecule has 1 aromatic carbocycles. The molecule has 0 heterocycles. The van der Waals surface area contributed by atoms with Crippen LogP contribution in [-0.4, -0.2) is 28.7 Å². The molecule has 0 bridgehead atoms. The van der Waals surface area contributed by atoms with Crippen LogP contribution in [-0.2, 0) is 10.0 Å². The zero-order valence-electron chi connectivity index (χ0n) is 10.7. The van der Waals surface area contributed by atoms with Crippen molar-refractivity contribution in [1.29, 1.82) is 0 Å². The monoisotopic (exact) mass is 271 g/mol. The highest BCUT2D eigenvalue weighted by atomic mass is 32.2. The van der Waals surface area contributed by atoms with Crippen molar-refractivity contribution in [3.05, 3.63) is 17.7 Å². The van der Waals surface area contributed by atoms with Gasteiger partial charge in [0.05, 0.1) is 14.2 Å². The Morgan fingerprint density at radius 3 is 2.28 bits per heavy atom. The smallest absolute Gasteiger partial charge is 0.244 e. The number of hydrogen-bond acceptors (Lipinski definition) is 4. The van der Waals surface area contributed by atoms with Crippen LogP contribution in [0.4, 0.5) is 0 Å². The van der Waals surface area contributed by atoms with E-state index in [1.165, 1.54) is 20.3 Å². The van der Waals surface area contributed by atoms with Gasteiger partial charge in [-0.15, -0.1) is 0 Å². The highest BCUT2D eigenvalue weighted by molar-refractivity contribution is 7.89. The topological polar surface area (TPSA) is 64.6 Å². The first-order valence-electron chi connectivity index (χ1n) is 5.73. The average molecular weight is 271 g/mol. The van der Waals surface area contributed by atoms with Gasteiger partial charge in [-0.05, 0) is 31.4 Å².